The number of nitrogens with zero attached hydrogens (tertiary/aromatic N) is 2. The summed E-state index contributed by atoms with van der Waals surface area (Å²) in [5.41, 5.74) is 13.1. The smallest absolute Gasteiger partial charge is 0.227 e. The van der Waals surface area contributed by atoms with Crippen LogP contribution in [0.25, 0.3) is 0 Å². The highest BCUT2D eigenvalue weighted by atomic mass is 35.5. The Morgan fingerprint density at radius 2 is 1.57 bits per heavy atom. The minimum absolute atomic E-state index is 0.165. The second kappa shape index (κ2) is 11.0. The Kier molecular flexibility index (Phi) is 8.14. The molecule has 3 rings (SSSR count). The Morgan fingerprint density at radius 1 is 0.933 bits per heavy atom. The molecule has 160 valence electrons. The van der Waals surface area contributed by atoms with E-state index < -0.39 is 0 Å². The molecule has 0 spiro atoms. The standard InChI is InChI=1S/C24H31ClN4O/c25-22-12-10-21(11-13-22)17-29(23(30)14-18-4-2-1-3-5-18)16-20-8-6-19(7-9-20)15-28-24(26)27/h1-5,10-13,19-20H,6-9,14-17H2,(H4,26,27,28). The monoisotopic (exact) mass is 426 g/mol. The number of carbonyl (C=O) groups is 1. The molecular weight excluding hydrogens is 396 g/mol. The van der Waals surface area contributed by atoms with Gasteiger partial charge in [-0.2, -0.15) is 0 Å². The molecule has 0 bridgehead atoms. The summed E-state index contributed by atoms with van der Waals surface area (Å²) in [7, 11) is 0. The molecule has 1 saturated carbocycles. The van der Waals surface area contributed by atoms with E-state index in [1.807, 2.05) is 59.5 Å². The van der Waals surface area contributed by atoms with Gasteiger partial charge >= 0.3 is 0 Å². The fraction of sp³-hybridized carbons (Fsp3) is 0.417. The zero-order valence-electron chi connectivity index (χ0n) is 17.3. The van der Waals surface area contributed by atoms with Crippen LogP contribution in [0.3, 0.4) is 0 Å². The molecule has 1 aliphatic rings. The van der Waals surface area contributed by atoms with Gasteiger partial charge in [0.2, 0.25) is 5.91 Å². The number of hydrogen-bond donors (Lipinski definition) is 2. The van der Waals surface area contributed by atoms with Crippen molar-refractivity contribution in [2.75, 3.05) is 13.1 Å². The van der Waals surface area contributed by atoms with Crippen molar-refractivity contribution < 1.29 is 4.79 Å². The fourth-order valence-corrected chi connectivity index (χ4v) is 4.22. The number of carbonyl (C=O) groups excluding carboxylic acids is 1. The van der Waals surface area contributed by atoms with Gasteiger partial charge in [-0.25, -0.2) is 0 Å². The summed E-state index contributed by atoms with van der Waals surface area (Å²) in [5.74, 6) is 1.37. The summed E-state index contributed by atoms with van der Waals surface area (Å²) in [6.07, 6.45) is 4.82. The molecule has 2 aromatic carbocycles. The van der Waals surface area contributed by atoms with Crippen molar-refractivity contribution in [3.63, 3.8) is 0 Å². The molecule has 0 atom stereocenters. The Labute approximate surface area is 184 Å². The number of guanidine groups is 1. The van der Waals surface area contributed by atoms with Gasteiger partial charge in [0, 0.05) is 24.7 Å². The Hall–Kier alpha value is -2.53. The van der Waals surface area contributed by atoms with Crippen molar-refractivity contribution in [1.82, 2.24) is 4.90 Å². The molecule has 0 heterocycles. The number of amides is 1. The maximum atomic E-state index is 13.2. The molecule has 1 aliphatic carbocycles. The molecule has 0 aliphatic heterocycles. The average Bonchev–Trinajstić information content (AvgIpc) is 2.75. The summed E-state index contributed by atoms with van der Waals surface area (Å²) in [6.45, 7) is 2.09. The lowest BCUT2D eigenvalue weighted by Crippen LogP contribution is -2.37. The van der Waals surface area contributed by atoms with Gasteiger partial charge < -0.3 is 16.4 Å². The highest BCUT2D eigenvalue weighted by Gasteiger charge is 2.25. The lowest BCUT2D eigenvalue weighted by Gasteiger charge is -2.32. The molecule has 0 saturated heterocycles. The van der Waals surface area contributed by atoms with Gasteiger partial charge in [0.25, 0.3) is 0 Å². The quantitative estimate of drug-likeness (QED) is 0.494. The highest BCUT2D eigenvalue weighted by molar-refractivity contribution is 6.30. The van der Waals surface area contributed by atoms with E-state index >= 15 is 0 Å². The zero-order valence-corrected chi connectivity index (χ0v) is 18.1. The molecule has 1 amide bonds. The van der Waals surface area contributed by atoms with Crippen LogP contribution in [-0.4, -0.2) is 29.9 Å². The minimum Gasteiger partial charge on any atom is -0.370 e. The molecule has 30 heavy (non-hydrogen) atoms. The SMILES string of the molecule is NC(N)=NCC1CCC(CN(Cc2ccc(Cl)cc2)C(=O)Cc2ccccc2)CC1. The summed E-state index contributed by atoms with van der Waals surface area (Å²) in [5, 5.41) is 0.708. The van der Waals surface area contributed by atoms with Gasteiger partial charge in [0.15, 0.2) is 5.96 Å². The third-order valence-electron chi connectivity index (χ3n) is 5.81. The minimum atomic E-state index is 0.165. The third kappa shape index (κ3) is 7.06. The summed E-state index contributed by atoms with van der Waals surface area (Å²) in [6, 6.07) is 17.7. The van der Waals surface area contributed by atoms with E-state index in [2.05, 4.69) is 4.99 Å². The highest BCUT2D eigenvalue weighted by Crippen LogP contribution is 2.30. The van der Waals surface area contributed by atoms with Crippen LogP contribution in [0.15, 0.2) is 59.6 Å². The Balaban J connectivity index is 1.63. The first-order chi connectivity index (χ1) is 14.5. The largest absolute Gasteiger partial charge is 0.370 e. The summed E-state index contributed by atoms with van der Waals surface area (Å²) in [4.78, 5) is 19.3. The zero-order chi connectivity index (χ0) is 21.3. The van der Waals surface area contributed by atoms with E-state index in [9.17, 15) is 4.79 Å². The van der Waals surface area contributed by atoms with E-state index in [1.165, 1.54) is 0 Å². The Morgan fingerprint density at radius 3 is 2.20 bits per heavy atom. The first-order valence-corrected chi connectivity index (χ1v) is 11.0. The summed E-state index contributed by atoms with van der Waals surface area (Å²) >= 11 is 6.03. The van der Waals surface area contributed by atoms with Crippen LogP contribution in [-0.2, 0) is 17.8 Å². The average molecular weight is 427 g/mol. The Bertz CT molecular complexity index is 826. The first-order valence-electron chi connectivity index (χ1n) is 10.6. The predicted octanol–water partition coefficient (Wildman–Crippen LogP) is 3.99. The number of halogens is 1. The van der Waals surface area contributed by atoms with Crippen molar-refractivity contribution >= 4 is 23.5 Å². The molecule has 6 heteroatoms. The first kappa shape index (κ1) is 22.2. The van der Waals surface area contributed by atoms with Crippen molar-refractivity contribution in [1.29, 1.82) is 0 Å². The van der Waals surface area contributed by atoms with Gasteiger partial charge in [-0.3, -0.25) is 9.79 Å². The normalized spacial score (nSPS) is 18.6. The molecule has 0 radical (unpaired) electrons. The fourth-order valence-electron chi connectivity index (χ4n) is 4.09. The van der Waals surface area contributed by atoms with Gasteiger partial charge in [-0.15, -0.1) is 0 Å². The van der Waals surface area contributed by atoms with Crippen LogP contribution >= 0.6 is 11.6 Å². The molecule has 4 N–H and O–H groups in total. The molecular formula is C24H31ClN4O. The molecule has 5 nitrogen and oxygen atoms in total. The summed E-state index contributed by atoms with van der Waals surface area (Å²) < 4.78 is 0. The van der Waals surface area contributed by atoms with E-state index in [1.54, 1.807) is 0 Å². The number of benzene rings is 2. The van der Waals surface area contributed by atoms with E-state index in [0.717, 1.165) is 43.4 Å². The maximum Gasteiger partial charge on any atom is 0.227 e. The van der Waals surface area contributed by atoms with Gasteiger partial charge in [-0.05, 0) is 60.8 Å². The number of rotatable bonds is 8. The molecule has 0 unspecified atom stereocenters. The molecule has 2 aromatic rings. The number of nitrogens with two attached hydrogens (primary N) is 2. The van der Waals surface area contributed by atoms with Crippen LogP contribution in [0, 0.1) is 11.8 Å². The molecule has 1 fully saturated rings. The van der Waals surface area contributed by atoms with Gasteiger partial charge in [-0.1, -0.05) is 54.1 Å². The van der Waals surface area contributed by atoms with Crippen LogP contribution in [0.1, 0.15) is 36.8 Å². The van der Waals surface area contributed by atoms with Crippen molar-refractivity contribution in [3.05, 3.63) is 70.7 Å². The van der Waals surface area contributed by atoms with Crippen LogP contribution in [0.4, 0.5) is 0 Å². The second-order valence-corrected chi connectivity index (χ2v) is 8.65. The number of aliphatic imine (C=N–C) groups is 1. The lowest BCUT2D eigenvalue weighted by molar-refractivity contribution is -0.132. The third-order valence-corrected chi connectivity index (χ3v) is 6.07. The topological polar surface area (TPSA) is 84.7 Å². The maximum absolute atomic E-state index is 13.2. The van der Waals surface area contributed by atoms with E-state index in [0.29, 0.717) is 36.4 Å². The van der Waals surface area contributed by atoms with E-state index in [4.69, 9.17) is 23.1 Å². The van der Waals surface area contributed by atoms with Crippen molar-refractivity contribution in [3.8, 4) is 0 Å². The van der Waals surface area contributed by atoms with E-state index in [-0.39, 0.29) is 11.9 Å². The van der Waals surface area contributed by atoms with Crippen LogP contribution < -0.4 is 11.5 Å². The second-order valence-electron chi connectivity index (χ2n) is 8.22. The van der Waals surface area contributed by atoms with Gasteiger partial charge in [0.1, 0.15) is 0 Å². The van der Waals surface area contributed by atoms with Gasteiger partial charge in [0.05, 0.1) is 6.42 Å². The lowest BCUT2D eigenvalue weighted by atomic mass is 9.81. The van der Waals surface area contributed by atoms with Crippen molar-refractivity contribution in [2.24, 2.45) is 28.3 Å². The van der Waals surface area contributed by atoms with Crippen molar-refractivity contribution in [2.45, 2.75) is 38.6 Å². The number of hydrogen-bond acceptors (Lipinski definition) is 2. The van der Waals surface area contributed by atoms with Crippen LogP contribution in [0.2, 0.25) is 5.02 Å². The predicted molar refractivity (Wildman–Crippen MR) is 123 cm³/mol. The molecule has 0 aromatic heterocycles. The van der Waals surface area contributed by atoms with Crippen LogP contribution in [0.5, 0.6) is 0 Å².